The molecule has 0 heterocycles. The van der Waals surface area contributed by atoms with Crippen molar-refractivity contribution in [2.45, 2.75) is 46.6 Å². The number of hydrogen-bond donors (Lipinski definition) is 3. The fraction of sp³-hybridized carbons (Fsp3) is 0.300. The number of carbonyl (C=O) groups is 3. The number of halogens is 2. The average molecular weight is 615 g/mol. The lowest BCUT2D eigenvalue weighted by molar-refractivity contribution is -0.131. The number of anilines is 2. The summed E-state index contributed by atoms with van der Waals surface area (Å²) in [6.45, 7) is 6.31. The Morgan fingerprint density at radius 3 is 2.18 bits per heavy atom. The summed E-state index contributed by atoms with van der Waals surface area (Å²) >= 11 is 9.72. The Kier molecular flexibility index (Phi) is 10.5. The van der Waals surface area contributed by atoms with E-state index in [2.05, 4.69) is 38.8 Å². The molecule has 0 fully saturated rings. The minimum absolute atomic E-state index is 0.0139. The fourth-order valence-corrected chi connectivity index (χ4v) is 4.62. The van der Waals surface area contributed by atoms with E-state index in [1.807, 2.05) is 26.0 Å². The van der Waals surface area contributed by atoms with Crippen LogP contribution in [0.2, 0.25) is 5.02 Å². The molecule has 39 heavy (non-hydrogen) atoms. The first kappa shape index (κ1) is 30.2. The number of benzene rings is 3. The van der Waals surface area contributed by atoms with Gasteiger partial charge in [0, 0.05) is 27.8 Å². The van der Waals surface area contributed by atoms with E-state index in [-0.39, 0.29) is 34.5 Å². The summed E-state index contributed by atoms with van der Waals surface area (Å²) in [5, 5.41) is 8.90. The standard InChI is InChI=1S/C30H33BrClN3O4/c1-5-15-30(3,6-2)29(38)33-18-19-7-13-25(32)23(16-19)27(36)35-22-12-14-26(39-4)24(17-22)28(37)34-21-10-8-20(31)9-11-21/h7-14,16-17H,5-6,15,18H2,1-4H3,(H,33,38)(H,34,37)(H,35,36). The zero-order chi connectivity index (χ0) is 28.6. The van der Waals surface area contributed by atoms with Gasteiger partial charge in [0.1, 0.15) is 5.75 Å². The van der Waals surface area contributed by atoms with Crippen LogP contribution in [0.5, 0.6) is 5.75 Å². The van der Waals surface area contributed by atoms with Gasteiger partial charge < -0.3 is 20.7 Å². The maximum absolute atomic E-state index is 13.2. The molecule has 3 rings (SSSR count). The maximum Gasteiger partial charge on any atom is 0.259 e. The van der Waals surface area contributed by atoms with Crippen LogP contribution >= 0.6 is 27.5 Å². The monoisotopic (exact) mass is 613 g/mol. The van der Waals surface area contributed by atoms with Crippen LogP contribution in [0.25, 0.3) is 0 Å². The molecule has 7 nitrogen and oxygen atoms in total. The molecular formula is C30H33BrClN3O4. The van der Waals surface area contributed by atoms with Gasteiger partial charge in [-0.05, 0) is 73.0 Å². The number of rotatable bonds is 11. The van der Waals surface area contributed by atoms with Crippen molar-refractivity contribution in [2.75, 3.05) is 17.7 Å². The zero-order valence-corrected chi connectivity index (χ0v) is 24.8. The van der Waals surface area contributed by atoms with Crippen molar-refractivity contribution in [1.29, 1.82) is 0 Å². The van der Waals surface area contributed by atoms with Crippen molar-refractivity contribution >= 4 is 56.6 Å². The number of ether oxygens (including phenoxy) is 1. The summed E-state index contributed by atoms with van der Waals surface area (Å²) in [5.41, 5.74) is 1.84. The van der Waals surface area contributed by atoms with Crippen LogP contribution in [0.1, 0.15) is 66.3 Å². The zero-order valence-electron chi connectivity index (χ0n) is 22.5. The first-order chi connectivity index (χ1) is 18.6. The summed E-state index contributed by atoms with van der Waals surface area (Å²) in [6.07, 6.45) is 2.46. The number of hydrogen-bond acceptors (Lipinski definition) is 4. The fourth-order valence-electron chi connectivity index (χ4n) is 4.15. The van der Waals surface area contributed by atoms with Gasteiger partial charge in [-0.25, -0.2) is 0 Å². The van der Waals surface area contributed by atoms with Crippen LogP contribution in [0.4, 0.5) is 11.4 Å². The van der Waals surface area contributed by atoms with E-state index in [1.54, 1.807) is 48.5 Å². The molecule has 1 atom stereocenters. The predicted octanol–water partition coefficient (Wildman–Crippen LogP) is 7.45. The molecule has 0 saturated heterocycles. The molecule has 0 saturated carbocycles. The van der Waals surface area contributed by atoms with Crippen molar-refractivity contribution < 1.29 is 19.1 Å². The van der Waals surface area contributed by atoms with E-state index in [0.717, 1.165) is 29.3 Å². The third kappa shape index (κ3) is 7.83. The molecule has 0 aliphatic heterocycles. The molecule has 9 heteroatoms. The Hall–Kier alpha value is -3.36. The second-order valence-electron chi connectivity index (χ2n) is 9.49. The molecular weight excluding hydrogens is 582 g/mol. The molecule has 3 amide bonds. The van der Waals surface area contributed by atoms with Crippen molar-refractivity contribution in [3.63, 3.8) is 0 Å². The van der Waals surface area contributed by atoms with Crippen LogP contribution in [0.15, 0.2) is 65.1 Å². The maximum atomic E-state index is 13.2. The largest absolute Gasteiger partial charge is 0.496 e. The van der Waals surface area contributed by atoms with Gasteiger partial charge in [-0.1, -0.05) is 60.8 Å². The highest BCUT2D eigenvalue weighted by Crippen LogP contribution is 2.28. The summed E-state index contributed by atoms with van der Waals surface area (Å²) in [7, 11) is 1.47. The van der Waals surface area contributed by atoms with Crippen LogP contribution < -0.4 is 20.7 Å². The highest BCUT2D eigenvalue weighted by molar-refractivity contribution is 9.10. The van der Waals surface area contributed by atoms with Crippen molar-refractivity contribution in [2.24, 2.45) is 5.41 Å². The van der Waals surface area contributed by atoms with Gasteiger partial charge in [0.25, 0.3) is 11.8 Å². The summed E-state index contributed by atoms with van der Waals surface area (Å²) < 4.78 is 6.25. The molecule has 3 N–H and O–H groups in total. The van der Waals surface area contributed by atoms with E-state index in [9.17, 15) is 14.4 Å². The molecule has 0 aromatic heterocycles. The van der Waals surface area contributed by atoms with Gasteiger partial charge in [0.2, 0.25) is 5.91 Å². The Morgan fingerprint density at radius 2 is 1.54 bits per heavy atom. The number of carbonyl (C=O) groups excluding carboxylic acids is 3. The summed E-state index contributed by atoms with van der Waals surface area (Å²) in [6, 6.07) is 17.0. The predicted molar refractivity (Wildman–Crippen MR) is 160 cm³/mol. The SMILES string of the molecule is CCCC(C)(CC)C(=O)NCc1ccc(Cl)c(C(=O)Nc2ccc(OC)c(C(=O)Nc3ccc(Br)cc3)c2)c1. The molecule has 0 bridgehead atoms. The lowest BCUT2D eigenvalue weighted by atomic mass is 9.82. The second kappa shape index (κ2) is 13.6. The van der Waals surface area contributed by atoms with Gasteiger partial charge in [-0.3, -0.25) is 14.4 Å². The number of amides is 3. The Balaban J connectivity index is 1.75. The molecule has 0 aliphatic rings. The highest BCUT2D eigenvalue weighted by atomic mass is 79.9. The third-order valence-electron chi connectivity index (χ3n) is 6.66. The quantitative estimate of drug-likeness (QED) is 0.209. The summed E-state index contributed by atoms with van der Waals surface area (Å²) in [5.74, 6) is -0.481. The van der Waals surface area contributed by atoms with Crippen LogP contribution in [-0.4, -0.2) is 24.8 Å². The Bertz CT molecular complexity index is 1350. The molecule has 0 aliphatic carbocycles. The van der Waals surface area contributed by atoms with Crippen LogP contribution in [0.3, 0.4) is 0 Å². The van der Waals surface area contributed by atoms with Gasteiger partial charge in [-0.15, -0.1) is 0 Å². The van der Waals surface area contributed by atoms with Gasteiger partial charge in [0.15, 0.2) is 0 Å². The topological polar surface area (TPSA) is 96.5 Å². The average Bonchev–Trinajstić information content (AvgIpc) is 2.93. The van der Waals surface area contributed by atoms with E-state index in [0.29, 0.717) is 17.1 Å². The minimum atomic E-state index is -0.443. The Morgan fingerprint density at radius 1 is 0.897 bits per heavy atom. The van der Waals surface area contributed by atoms with E-state index in [4.69, 9.17) is 16.3 Å². The third-order valence-corrected chi connectivity index (χ3v) is 7.52. The van der Waals surface area contributed by atoms with Crippen LogP contribution in [0, 0.1) is 5.41 Å². The normalized spacial score (nSPS) is 12.3. The van der Waals surface area contributed by atoms with E-state index in [1.165, 1.54) is 7.11 Å². The van der Waals surface area contributed by atoms with Crippen molar-refractivity contribution in [3.05, 3.63) is 86.8 Å². The molecule has 0 spiro atoms. The lowest BCUT2D eigenvalue weighted by Crippen LogP contribution is -2.38. The molecule has 0 radical (unpaired) electrons. The number of methoxy groups -OCH3 is 1. The van der Waals surface area contributed by atoms with Gasteiger partial charge in [-0.2, -0.15) is 0 Å². The van der Waals surface area contributed by atoms with Crippen molar-refractivity contribution in [1.82, 2.24) is 5.32 Å². The van der Waals surface area contributed by atoms with E-state index >= 15 is 0 Å². The first-order valence-corrected chi connectivity index (χ1v) is 13.9. The smallest absolute Gasteiger partial charge is 0.259 e. The highest BCUT2D eigenvalue weighted by Gasteiger charge is 2.29. The second-order valence-corrected chi connectivity index (χ2v) is 10.8. The Labute approximate surface area is 242 Å². The summed E-state index contributed by atoms with van der Waals surface area (Å²) in [4.78, 5) is 38.9. The van der Waals surface area contributed by atoms with Gasteiger partial charge >= 0.3 is 0 Å². The lowest BCUT2D eigenvalue weighted by Gasteiger charge is -2.26. The number of nitrogens with one attached hydrogen (secondary N) is 3. The molecule has 1 unspecified atom stereocenters. The van der Waals surface area contributed by atoms with Gasteiger partial charge in [0.05, 0.1) is 23.3 Å². The van der Waals surface area contributed by atoms with Crippen LogP contribution in [-0.2, 0) is 11.3 Å². The molecule has 3 aromatic carbocycles. The first-order valence-electron chi connectivity index (χ1n) is 12.7. The molecule has 206 valence electrons. The molecule has 3 aromatic rings. The van der Waals surface area contributed by atoms with E-state index < -0.39 is 11.3 Å². The van der Waals surface area contributed by atoms with Crippen molar-refractivity contribution in [3.8, 4) is 5.75 Å². The minimum Gasteiger partial charge on any atom is -0.496 e.